The summed E-state index contributed by atoms with van der Waals surface area (Å²) in [4.78, 5) is 7.52. The Balaban J connectivity index is 1.63. The highest BCUT2D eigenvalue weighted by atomic mass is 16.5. The quantitative estimate of drug-likeness (QED) is 0.218. The van der Waals surface area contributed by atoms with Crippen LogP contribution in [0.1, 0.15) is 22.5 Å². The van der Waals surface area contributed by atoms with Crippen LogP contribution in [0.25, 0.3) is 22.0 Å². The summed E-state index contributed by atoms with van der Waals surface area (Å²) in [7, 11) is 0. The number of hydrogen-bond donors (Lipinski definition) is 2. The normalized spacial score (nSPS) is 12.7. The minimum Gasteiger partial charge on any atom is -0.457 e. The Morgan fingerprint density at radius 3 is 1.95 bits per heavy atom. The van der Waals surface area contributed by atoms with Gasteiger partial charge in [0, 0.05) is 39.6 Å². The van der Waals surface area contributed by atoms with Gasteiger partial charge in [0.05, 0.1) is 0 Å². The van der Waals surface area contributed by atoms with Gasteiger partial charge in [-0.3, -0.25) is 0 Å². The Kier molecular flexibility index (Phi) is 6.02. The third-order valence-corrected chi connectivity index (χ3v) is 7.61. The fraction of sp³-hybridized carbons (Fsp3) is 0.0270. The summed E-state index contributed by atoms with van der Waals surface area (Å²) < 4.78 is 6.65. The second-order valence-electron chi connectivity index (χ2n) is 9.90. The van der Waals surface area contributed by atoms with Crippen molar-refractivity contribution in [3.63, 3.8) is 0 Å². The molecule has 5 aromatic carbocycles. The molecule has 0 aliphatic rings. The summed E-state index contributed by atoms with van der Waals surface area (Å²) in [6.07, 6.45) is 2.00. The van der Waals surface area contributed by atoms with Gasteiger partial charge in [-0.05, 0) is 47.5 Å². The van der Waals surface area contributed by atoms with E-state index in [0.29, 0.717) is 0 Å². The van der Waals surface area contributed by atoms with Crippen LogP contribution in [0.2, 0.25) is 0 Å². The van der Waals surface area contributed by atoms with Crippen molar-refractivity contribution in [2.45, 2.75) is 5.41 Å². The molecular weight excluding hydrogens is 488 g/mol. The van der Waals surface area contributed by atoms with Gasteiger partial charge in [-0.1, -0.05) is 115 Å². The summed E-state index contributed by atoms with van der Waals surface area (Å²) in [5, 5.41) is 1.18. The number of ether oxygens (including phenoxy) is 1. The molecule has 7 rings (SSSR count). The first-order chi connectivity index (χ1) is 19.9. The fourth-order valence-electron chi connectivity index (χ4n) is 5.93. The Labute approximate surface area is 233 Å². The molecule has 40 heavy (non-hydrogen) atoms. The molecule has 0 saturated carbocycles. The first-order valence-corrected chi connectivity index (χ1v) is 13.5. The lowest BCUT2D eigenvalue weighted by molar-refractivity contribution is 0.467. The van der Waals surface area contributed by atoms with E-state index in [9.17, 15) is 0 Å². The molecule has 0 bridgehead atoms. The van der Waals surface area contributed by atoms with Gasteiger partial charge in [0.25, 0.3) is 0 Å². The lowest BCUT2D eigenvalue weighted by Gasteiger charge is -2.36. The molecule has 0 fully saturated rings. The fourth-order valence-corrected chi connectivity index (χ4v) is 5.93. The SMILES string of the molecule is c1ccc(Oc2ccccc2C(c2ccccc2)(c2ccc[nH]2)c2[nH]c3ccccc3c2-c2ccccc2)cc1. The molecule has 0 radical (unpaired) electrons. The largest absolute Gasteiger partial charge is 0.457 e. The first kappa shape index (κ1) is 23.8. The summed E-state index contributed by atoms with van der Waals surface area (Å²) in [5.74, 6) is 1.59. The molecule has 3 nitrogen and oxygen atoms in total. The molecule has 0 aliphatic heterocycles. The second kappa shape index (κ2) is 10.1. The summed E-state index contributed by atoms with van der Waals surface area (Å²) in [6.45, 7) is 0. The van der Waals surface area contributed by atoms with Gasteiger partial charge < -0.3 is 14.7 Å². The number of aromatic nitrogens is 2. The molecule has 7 aromatic rings. The average Bonchev–Trinajstić information content (AvgIpc) is 3.69. The van der Waals surface area contributed by atoms with Gasteiger partial charge in [0.1, 0.15) is 16.9 Å². The van der Waals surface area contributed by atoms with Crippen LogP contribution in [0.15, 0.2) is 158 Å². The van der Waals surface area contributed by atoms with E-state index in [2.05, 4.69) is 125 Å². The number of para-hydroxylation sites is 3. The van der Waals surface area contributed by atoms with E-state index in [1.165, 1.54) is 10.9 Å². The van der Waals surface area contributed by atoms with Crippen molar-refractivity contribution in [3.8, 4) is 22.6 Å². The van der Waals surface area contributed by atoms with Crippen molar-refractivity contribution in [2.75, 3.05) is 0 Å². The number of rotatable bonds is 7. The predicted molar refractivity (Wildman–Crippen MR) is 163 cm³/mol. The highest BCUT2D eigenvalue weighted by molar-refractivity contribution is 5.99. The molecular formula is C37H28N2O. The van der Waals surface area contributed by atoms with E-state index in [-0.39, 0.29) is 0 Å². The van der Waals surface area contributed by atoms with Crippen LogP contribution in [-0.2, 0) is 5.41 Å². The third kappa shape index (κ3) is 3.91. The van der Waals surface area contributed by atoms with Gasteiger partial charge >= 0.3 is 0 Å². The maximum atomic E-state index is 6.65. The molecule has 3 heteroatoms. The van der Waals surface area contributed by atoms with E-state index in [1.807, 2.05) is 42.6 Å². The Bertz CT molecular complexity index is 1860. The lowest BCUT2D eigenvalue weighted by Crippen LogP contribution is -2.33. The van der Waals surface area contributed by atoms with E-state index >= 15 is 0 Å². The molecule has 1 atom stereocenters. The van der Waals surface area contributed by atoms with E-state index < -0.39 is 5.41 Å². The van der Waals surface area contributed by atoms with Crippen molar-refractivity contribution < 1.29 is 4.74 Å². The van der Waals surface area contributed by atoms with Crippen molar-refractivity contribution in [2.24, 2.45) is 0 Å². The highest BCUT2D eigenvalue weighted by Gasteiger charge is 2.45. The molecule has 2 N–H and O–H groups in total. The topological polar surface area (TPSA) is 40.8 Å². The molecule has 1 unspecified atom stereocenters. The number of H-pyrrole nitrogens is 2. The van der Waals surface area contributed by atoms with E-state index in [4.69, 9.17) is 4.74 Å². The second-order valence-corrected chi connectivity index (χ2v) is 9.90. The van der Waals surface area contributed by atoms with Crippen LogP contribution in [-0.4, -0.2) is 9.97 Å². The molecule has 0 amide bonds. The summed E-state index contributed by atoms with van der Waals surface area (Å²) >= 11 is 0. The molecule has 2 heterocycles. The zero-order chi connectivity index (χ0) is 26.8. The number of hydrogen-bond acceptors (Lipinski definition) is 1. The molecule has 0 spiro atoms. The van der Waals surface area contributed by atoms with Gasteiger partial charge in [-0.15, -0.1) is 0 Å². The maximum absolute atomic E-state index is 6.65. The van der Waals surface area contributed by atoms with E-state index in [0.717, 1.165) is 45.1 Å². The Hall–Kier alpha value is -5.28. The monoisotopic (exact) mass is 516 g/mol. The molecule has 0 aliphatic carbocycles. The third-order valence-electron chi connectivity index (χ3n) is 7.61. The highest BCUT2D eigenvalue weighted by Crippen LogP contribution is 2.52. The molecule has 0 saturated heterocycles. The lowest BCUT2D eigenvalue weighted by atomic mass is 9.67. The average molecular weight is 517 g/mol. The number of aromatic amines is 2. The van der Waals surface area contributed by atoms with Crippen LogP contribution in [0, 0.1) is 0 Å². The Morgan fingerprint density at radius 1 is 0.550 bits per heavy atom. The molecule has 192 valence electrons. The smallest absolute Gasteiger partial charge is 0.132 e. The van der Waals surface area contributed by atoms with Gasteiger partial charge in [0.15, 0.2) is 0 Å². The zero-order valence-electron chi connectivity index (χ0n) is 21.9. The maximum Gasteiger partial charge on any atom is 0.132 e. The van der Waals surface area contributed by atoms with Crippen molar-refractivity contribution >= 4 is 10.9 Å². The number of benzene rings is 5. The Morgan fingerprint density at radius 2 is 1.20 bits per heavy atom. The van der Waals surface area contributed by atoms with Crippen LogP contribution in [0.3, 0.4) is 0 Å². The van der Waals surface area contributed by atoms with Gasteiger partial charge in [-0.25, -0.2) is 0 Å². The first-order valence-electron chi connectivity index (χ1n) is 13.5. The van der Waals surface area contributed by atoms with Crippen LogP contribution < -0.4 is 4.74 Å². The van der Waals surface area contributed by atoms with Crippen molar-refractivity contribution in [3.05, 3.63) is 180 Å². The number of nitrogens with one attached hydrogen (secondary N) is 2. The minimum atomic E-state index is -0.750. The minimum absolute atomic E-state index is 0.750. The predicted octanol–water partition coefficient (Wildman–Crippen LogP) is 9.34. The van der Waals surface area contributed by atoms with Crippen LogP contribution >= 0.6 is 0 Å². The van der Waals surface area contributed by atoms with Gasteiger partial charge in [-0.2, -0.15) is 0 Å². The van der Waals surface area contributed by atoms with Crippen LogP contribution in [0.4, 0.5) is 0 Å². The molecule has 2 aromatic heterocycles. The van der Waals surface area contributed by atoms with Crippen LogP contribution in [0.5, 0.6) is 11.5 Å². The standard InChI is InChI=1S/C37H28N2O/c1-4-15-27(16-5-1)35-30-21-10-12-23-32(30)39-36(35)37(34-25-14-26-38-34,28-17-6-2-7-18-28)31-22-11-13-24-33(31)40-29-19-8-3-9-20-29/h1-26,38-39H. The summed E-state index contributed by atoms with van der Waals surface area (Å²) in [6, 6.07) is 52.5. The number of fused-ring (bicyclic) bond motifs is 1. The summed E-state index contributed by atoms with van der Waals surface area (Å²) in [5.41, 5.74) is 6.96. The van der Waals surface area contributed by atoms with E-state index in [1.54, 1.807) is 0 Å². The van der Waals surface area contributed by atoms with Crippen molar-refractivity contribution in [1.29, 1.82) is 0 Å². The van der Waals surface area contributed by atoms with Crippen molar-refractivity contribution in [1.82, 2.24) is 9.97 Å². The zero-order valence-corrected chi connectivity index (χ0v) is 21.9. The van der Waals surface area contributed by atoms with Gasteiger partial charge in [0.2, 0.25) is 0 Å².